The molecule has 0 radical (unpaired) electrons. The van der Waals surface area contributed by atoms with Crippen molar-refractivity contribution >= 4 is 17.8 Å². The number of urea groups is 1. The minimum Gasteiger partial charge on any atom is -0.342 e. The molecule has 2 heterocycles. The predicted octanol–water partition coefficient (Wildman–Crippen LogP) is 2.67. The molecule has 7 nitrogen and oxygen atoms in total. The molecule has 0 aromatic heterocycles. The fourth-order valence-electron chi connectivity index (χ4n) is 5.00. The number of likely N-dealkylation sites (tertiary alicyclic amines) is 1. The number of rotatable bonds is 8. The first-order valence-corrected chi connectivity index (χ1v) is 11.8. The highest BCUT2D eigenvalue weighted by molar-refractivity contribution is 6.07. The Balaban J connectivity index is 1.85. The van der Waals surface area contributed by atoms with Crippen LogP contribution in [-0.2, 0) is 16.0 Å². The van der Waals surface area contributed by atoms with Crippen molar-refractivity contribution in [2.24, 2.45) is 11.8 Å². The van der Waals surface area contributed by atoms with Gasteiger partial charge in [-0.1, -0.05) is 38.1 Å². The van der Waals surface area contributed by atoms with Gasteiger partial charge in [0, 0.05) is 32.0 Å². The molecule has 1 N–H and O–H groups in total. The molecule has 4 amide bonds. The van der Waals surface area contributed by atoms with E-state index in [1.165, 1.54) is 4.90 Å². The number of hydrogen-bond donors (Lipinski definition) is 1. The zero-order valence-electron chi connectivity index (χ0n) is 20.2. The van der Waals surface area contributed by atoms with Crippen LogP contribution in [0.5, 0.6) is 0 Å². The first-order valence-electron chi connectivity index (χ1n) is 11.8. The van der Waals surface area contributed by atoms with Gasteiger partial charge in [0.25, 0.3) is 5.91 Å². The van der Waals surface area contributed by atoms with Gasteiger partial charge in [-0.3, -0.25) is 14.5 Å². The summed E-state index contributed by atoms with van der Waals surface area (Å²) in [7, 11) is 3.97. The van der Waals surface area contributed by atoms with Gasteiger partial charge in [-0.2, -0.15) is 0 Å². The van der Waals surface area contributed by atoms with Gasteiger partial charge in [0.1, 0.15) is 5.54 Å². The van der Waals surface area contributed by atoms with E-state index in [0.29, 0.717) is 38.9 Å². The number of piperidine rings is 1. The number of nitrogens with one attached hydrogen (secondary N) is 1. The van der Waals surface area contributed by atoms with Gasteiger partial charge in [0.2, 0.25) is 5.91 Å². The fraction of sp³-hybridized carbons (Fsp3) is 0.640. The van der Waals surface area contributed by atoms with Gasteiger partial charge >= 0.3 is 6.03 Å². The van der Waals surface area contributed by atoms with Crippen LogP contribution in [0, 0.1) is 18.8 Å². The molecule has 2 aliphatic heterocycles. The lowest BCUT2D eigenvalue weighted by atomic mass is 9.73. The standard InChI is InChI=1S/C25H38N4O3/c1-18(2)22(30)28-15-11-21(12-16-28)25(17-20-10-7-6-9-19(20)3)23(31)29(24(32)26-25)14-8-13-27(4)5/h6-7,9-10,18,21H,8,11-17H2,1-5H3,(H,26,32). The summed E-state index contributed by atoms with van der Waals surface area (Å²) < 4.78 is 0. The Hall–Kier alpha value is -2.41. The van der Waals surface area contributed by atoms with Crippen molar-refractivity contribution in [3.63, 3.8) is 0 Å². The van der Waals surface area contributed by atoms with E-state index in [4.69, 9.17) is 0 Å². The Morgan fingerprint density at radius 1 is 1.19 bits per heavy atom. The average Bonchev–Trinajstić information content (AvgIpc) is 2.99. The molecule has 32 heavy (non-hydrogen) atoms. The number of nitrogens with zero attached hydrogens (tertiary/aromatic N) is 3. The van der Waals surface area contributed by atoms with Crippen LogP contribution >= 0.6 is 0 Å². The van der Waals surface area contributed by atoms with Crippen LogP contribution in [0.15, 0.2) is 24.3 Å². The van der Waals surface area contributed by atoms with Crippen LogP contribution in [0.2, 0.25) is 0 Å². The summed E-state index contributed by atoms with van der Waals surface area (Å²) in [4.78, 5) is 44.6. The molecule has 1 aromatic rings. The van der Waals surface area contributed by atoms with Crippen molar-refractivity contribution in [1.82, 2.24) is 20.0 Å². The van der Waals surface area contributed by atoms with Crippen LogP contribution in [0.4, 0.5) is 4.79 Å². The second kappa shape index (κ2) is 10.0. The molecule has 1 aromatic carbocycles. The number of aryl methyl sites for hydroxylation is 1. The summed E-state index contributed by atoms with van der Waals surface area (Å²) in [5, 5.41) is 3.14. The van der Waals surface area contributed by atoms with Gasteiger partial charge in [0.15, 0.2) is 0 Å². The maximum atomic E-state index is 13.8. The normalized spacial score (nSPS) is 22.2. The van der Waals surface area contributed by atoms with Crippen LogP contribution in [0.25, 0.3) is 0 Å². The monoisotopic (exact) mass is 442 g/mol. The summed E-state index contributed by atoms with van der Waals surface area (Å²) in [6.45, 7) is 8.37. The molecule has 0 aliphatic carbocycles. The smallest absolute Gasteiger partial charge is 0.325 e. The van der Waals surface area contributed by atoms with Crippen LogP contribution in [0.1, 0.15) is 44.2 Å². The minimum absolute atomic E-state index is 0.00591. The minimum atomic E-state index is -0.950. The molecule has 1 unspecified atom stereocenters. The van der Waals surface area contributed by atoms with E-state index >= 15 is 0 Å². The highest BCUT2D eigenvalue weighted by Gasteiger charge is 2.56. The highest BCUT2D eigenvalue weighted by atomic mass is 16.2. The SMILES string of the molecule is Cc1ccccc1CC1(C2CCN(C(=O)C(C)C)CC2)NC(=O)N(CCCN(C)C)C1=O. The van der Waals surface area contributed by atoms with Crippen molar-refractivity contribution in [3.05, 3.63) is 35.4 Å². The molecular weight excluding hydrogens is 404 g/mol. The van der Waals surface area contributed by atoms with Crippen LogP contribution < -0.4 is 5.32 Å². The molecule has 3 rings (SSSR count). The van der Waals surface area contributed by atoms with Gasteiger partial charge in [-0.05, 0) is 63.9 Å². The molecule has 0 spiro atoms. The third kappa shape index (κ3) is 4.98. The Labute approximate surface area is 192 Å². The summed E-state index contributed by atoms with van der Waals surface area (Å²) >= 11 is 0. The Morgan fingerprint density at radius 3 is 2.44 bits per heavy atom. The maximum absolute atomic E-state index is 13.8. The maximum Gasteiger partial charge on any atom is 0.325 e. The van der Waals surface area contributed by atoms with Gasteiger partial charge in [-0.25, -0.2) is 4.79 Å². The number of hydrogen-bond acceptors (Lipinski definition) is 4. The quantitative estimate of drug-likeness (QED) is 0.629. The van der Waals surface area contributed by atoms with E-state index in [0.717, 1.165) is 24.1 Å². The van der Waals surface area contributed by atoms with Crippen molar-refractivity contribution in [3.8, 4) is 0 Å². The molecule has 176 valence electrons. The summed E-state index contributed by atoms with van der Waals surface area (Å²) in [6.07, 6.45) is 2.65. The number of amides is 4. The van der Waals surface area contributed by atoms with Crippen LogP contribution in [-0.4, -0.2) is 78.4 Å². The van der Waals surface area contributed by atoms with Gasteiger partial charge in [-0.15, -0.1) is 0 Å². The van der Waals surface area contributed by atoms with E-state index in [9.17, 15) is 14.4 Å². The second-order valence-corrected chi connectivity index (χ2v) is 9.87. The second-order valence-electron chi connectivity index (χ2n) is 9.87. The Morgan fingerprint density at radius 2 is 1.84 bits per heavy atom. The van der Waals surface area contributed by atoms with Crippen molar-refractivity contribution < 1.29 is 14.4 Å². The van der Waals surface area contributed by atoms with E-state index in [2.05, 4.69) is 10.2 Å². The topological polar surface area (TPSA) is 73.0 Å². The van der Waals surface area contributed by atoms with Crippen molar-refractivity contribution in [2.75, 3.05) is 40.3 Å². The lowest BCUT2D eigenvalue weighted by molar-refractivity contribution is -0.138. The van der Waals surface area contributed by atoms with Gasteiger partial charge in [0.05, 0.1) is 0 Å². The molecule has 0 saturated carbocycles. The molecule has 2 saturated heterocycles. The Bertz CT molecular complexity index is 845. The average molecular weight is 443 g/mol. The zero-order chi connectivity index (χ0) is 23.5. The van der Waals surface area contributed by atoms with Crippen molar-refractivity contribution in [1.29, 1.82) is 0 Å². The molecule has 0 bridgehead atoms. The first-order chi connectivity index (χ1) is 15.2. The largest absolute Gasteiger partial charge is 0.342 e. The lowest BCUT2D eigenvalue weighted by Crippen LogP contribution is -2.58. The highest BCUT2D eigenvalue weighted by Crippen LogP contribution is 2.37. The summed E-state index contributed by atoms with van der Waals surface area (Å²) in [5.41, 5.74) is 1.25. The number of imide groups is 1. The molecule has 2 aliphatic rings. The fourth-order valence-corrected chi connectivity index (χ4v) is 5.00. The first kappa shape index (κ1) is 24.2. The third-order valence-corrected chi connectivity index (χ3v) is 6.92. The predicted molar refractivity (Wildman–Crippen MR) is 125 cm³/mol. The van der Waals surface area contributed by atoms with E-state index in [1.807, 2.05) is 64.0 Å². The number of carbonyl (C=O) groups is 3. The van der Waals surface area contributed by atoms with Gasteiger partial charge < -0.3 is 15.1 Å². The number of carbonyl (C=O) groups excluding carboxylic acids is 3. The summed E-state index contributed by atoms with van der Waals surface area (Å²) in [5.74, 6) is 0.00254. The number of benzene rings is 1. The van der Waals surface area contributed by atoms with E-state index in [1.54, 1.807) is 0 Å². The zero-order valence-corrected chi connectivity index (χ0v) is 20.2. The Kier molecular flexibility index (Phi) is 7.59. The molecule has 7 heteroatoms. The third-order valence-electron chi connectivity index (χ3n) is 6.92. The summed E-state index contributed by atoms with van der Waals surface area (Å²) in [6, 6.07) is 7.77. The molecular formula is C25H38N4O3. The van der Waals surface area contributed by atoms with E-state index in [-0.39, 0.29) is 29.7 Å². The van der Waals surface area contributed by atoms with Crippen molar-refractivity contribution in [2.45, 2.75) is 52.0 Å². The van der Waals surface area contributed by atoms with E-state index < -0.39 is 5.54 Å². The lowest BCUT2D eigenvalue weighted by Gasteiger charge is -2.41. The van der Waals surface area contributed by atoms with Crippen LogP contribution in [0.3, 0.4) is 0 Å². The molecule has 2 fully saturated rings. The molecule has 1 atom stereocenters.